The third-order valence-electron chi connectivity index (χ3n) is 3.61. The highest BCUT2D eigenvalue weighted by Gasteiger charge is 2.22. The molecule has 1 aliphatic rings. The molecule has 9 heteroatoms. The molecule has 0 atom stereocenters. The molecule has 0 bridgehead atoms. The van der Waals surface area contributed by atoms with Crippen molar-refractivity contribution >= 4 is 16.0 Å². The van der Waals surface area contributed by atoms with E-state index in [4.69, 9.17) is 9.90 Å². The molecule has 0 spiro atoms. The van der Waals surface area contributed by atoms with E-state index in [1.54, 1.807) is 0 Å². The van der Waals surface area contributed by atoms with E-state index in [0.29, 0.717) is 32.5 Å². The first-order chi connectivity index (χ1) is 11.8. The number of nitrogens with zero attached hydrogens (tertiary/aromatic N) is 4. The molecule has 1 aromatic carbocycles. The summed E-state index contributed by atoms with van der Waals surface area (Å²) >= 11 is 0. The number of rotatable bonds is 3. The number of carboxylic acids is 1. The van der Waals surface area contributed by atoms with Gasteiger partial charge in [-0.1, -0.05) is 30.3 Å². The number of hydrogen-bond acceptors (Lipinski definition) is 5. The highest BCUT2D eigenvalue weighted by molar-refractivity contribution is 7.88. The molecule has 3 rings (SSSR count). The van der Waals surface area contributed by atoms with Crippen LogP contribution in [0.15, 0.2) is 30.3 Å². The van der Waals surface area contributed by atoms with Crippen LogP contribution in [0.5, 0.6) is 0 Å². The normalized spacial score (nSPS) is 14.8. The number of hydrogen-bond donors (Lipinski definition) is 1. The Balaban J connectivity index is 0.000000511. The molecule has 1 aliphatic heterocycles. The van der Waals surface area contributed by atoms with Crippen LogP contribution in [0.2, 0.25) is 0 Å². The van der Waals surface area contributed by atoms with E-state index >= 15 is 0 Å². The van der Waals surface area contributed by atoms with E-state index in [0.717, 1.165) is 18.6 Å². The molecule has 0 amide bonds. The van der Waals surface area contributed by atoms with Crippen LogP contribution in [0.3, 0.4) is 0 Å². The largest absolute Gasteiger partial charge is 0.481 e. The zero-order valence-electron chi connectivity index (χ0n) is 14.3. The van der Waals surface area contributed by atoms with E-state index in [1.807, 2.05) is 22.9 Å². The molecule has 25 heavy (non-hydrogen) atoms. The van der Waals surface area contributed by atoms with Gasteiger partial charge in [-0.25, -0.2) is 18.1 Å². The van der Waals surface area contributed by atoms with Gasteiger partial charge in [0.2, 0.25) is 10.0 Å². The van der Waals surface area contributed by atoms with Gasteiger partial charge < -0.3 is 5.11 Å². The lowest BCUT2D eigenvalue weighted by Gasteiger charge is -2.15. The molecule has 0 aliphatic carbocycles. The Labute approximate surface area is 147 Å². The van der Waals surface area contributed by atoms with Gasteiger partial charge in [-0.3, -0.25) is 4.79 Å². The Hall–Kier alpha value is -2.26. The number of fused-ring (bicyclic) bond motifs is 1. The van der Waals surface area contributed by atoms with Gasteiger partial charge in [-0.05, 0) is 5.56 Å². The molecular formula is C16H22N4O4S. The lowest BCUT2D eigenvalue weighted by atomic mass is 10.1. The van der Waals surface area contributed by atoms with Crippen molar-refractivity contribution in [3.8, 4) is 0 Å². The number of sulfonamides is 1. The van der Waals surface area contributed by atoms with Crippen LogP contribution >= 0.6 is 0 Å². The Kier molecular flexibility index (Phi) is 6.27. The van der Waals surface area contributed by atoms with Crippen molar-refractivity contribution < 1.29 is 18.3 Å². The second-order valence-corrected chi connectivity index (χ2v) is 7.74. The van der Waals surface area contributed by atoms with Crippen LogP contribution in [0.1, 0.15) is 24.1 Å². The van der Waals surface area contributed by atoms with Gasteiger partial charge in [0.05, 0.1) is 12.8 Å². The molecule has 8 nitrogen and oxygen atoms in total. The minimum atomic E-state index is -3.14. The standard InChI is InChI=1S/C14H18N4O2S.C2H4O2/c1-21(19,20)17-8-7-14-15-13(16-18(14)10-9-17)11-12-5-3-2-4-6-12;1-2(3)4/h2-6H,7-11H2,1H3;1H3,(H,3,4). The maximum absolute atomic E-state index is 11.6. The van der Waals surface area contributed by atoms with E-state index in [9.17, 15) is 8.42 Å². The predicted molar refractivity (Wildman–Crippen MR) is 92.7 cm³/mol. The average molecular weight is 366 g/mol. The fourth-order valence-corrected chi connectivity index (χ4v) is 3.35. The molecule has 136 valence electrons. The monoisotopic (exact) mass is 366 g/mol. The number of benzene rings is 1. The lowest BCUT2D eigenvalue weighted by molar-refractivity contribution is -0.134. The predicted octanol–water partition coefficient (Wildman–Crippen LogP) is 0.778. The van der Waals surface area contributed by atoms with Crippen molar-refractivity contribution in [3.05, 3.63) is 47.5 Å². The third kappa shape index (κ3) is 5.95. The summed E-state index contributed by atoms with van der Waals surface area (Å²) in [6, 6.07) is 10.1. The lowest BCUT2D eigenvalue weighted by Crippen LogP contribution is -2.32. The summed E-state index contributed by atoms with van der Waals surface area (Å²) in [5.41, 5.74) is 1.18. The van der Waals surface area contributed by atoms with Crippen LogP contribution < -0.4 is 0 Å². The smallest absolute Gasteiger partial charge is 0.300 e. The van der Waals surface area contributed by atoms with Crippen LogP contribution in [0.25, 0.3) is 0 Å². The number of carboxylic acid groups (broad SMARTS) is 1. The van der Waals surface area contributed by atoms with E-state index in [-0.39, 0.29) is 0 Å². The summed E-state index contributed by atoms with van der Waals surface area (Å²) in [4.78, 5) is 13.6. The first-order valence-corrected chi connectivity index (χ1v) is 9.71. The third-order valence-corrected chi connectivity index (χ3v) is 4.92. The van der Waals surface area contributed by atoms with Crippen molar-refractivity contribution in [2.75, 3.05) is 19.3 Å². The van der Waals surface area contributed by atoms with Crippen molar-refractivity contribution in [2.45, 2.75) is 26.3 Å². The average Bonchev–Trinajstić information content (AvgIpc) is 2.77. The molecule has 2 heterocycles. The number of aromatic nitrogens is 3. The maximum Gasteiger partial charge on any atom is 0.300 e. The second kappa shape index (κ2) is 8.21. The van der Waals surface area contributed by atoms with Crippen LogP contribution in [-0.4, -0.2) is 57.9 Å². The van der Waals surface area contributed by atoms with Gasteiger partial charge in [0, 0.05) is 32.9 Å². The van der Waals surface area contributed by atoms with Crippen LogP contribution in [0.4, 0.5) is 0 Å². The minimum absolute atomic E-state index is 0.458. The first kappa shape index (κ1) is 19.1. The van der Waals surface area contributed by atoms with Crippen molar-refractivity contribution in [1.82, 2.24) is 19.1 Å². The van der Waals surface area contributed by atoms with Gasteiger partial charge in [0.15, 0.2) is 5.82 Å². The summed E-state index contributed by atoms with van der Waals surface area (Å²) in [7, 11) is -3.14. The molecule has 0 saturated carbocycles. The van der Waals surface area contributed by atoms with Gasteiger partial charge in [0.1, 0.15) is 5.82 Å². The topological polar surface area (TPSA) is 105 Å². The molecular weight excluding hydrogens is 344 g/mol. The van der Waals surface area contributed by atoms with Crippen molar-refractivity contribution in [1.29, 1.82) is 0 Å². The summed E-state index contributed by atoms with van der Waals surface area (Å²) in [5.74, 6) is 0.830. The highest BCUT2D eigenvalue weighted by Crippen LogP contribution is 2.12. The maximum atomic E-state index is 11.6. The Morgan fingerprint density at radius 3 is 2.44 bits per heavy atom. The summed E-state index contributed by atoms with van der Waals surface area (Å²) in [6.45, 7) is 2.58. The van der Waals surface area contributed by atoms with E-state index in [2.05, 4.69) is 22.2 Å². The Morgan fingerprint density at radius 2 is 1.84 bits per heavy atom. The number of carbonyl (C=O) groups is 1. The van der Waals surface area contributed by atoms with E-state index < -0.39 is 16.0 Å². The van der Waals surface area contributed by atoms with Crippen LogP contribution in [-0.2, 0) is 34.2 Å². The van der Waals surface area contributed by atoms with Gasteiger partial charge in [-0.2, -0.15) is 9.40 Å². The quantitative estimate of drug-likeness (QED) is 0.860. The van der Waals surface area contributed by atoms with E-state index in [1.165, 1.54) is 16.1 Å². The summed E-state index contributed by atoms with van der Waals surface area (Å²) in [5, 5.41) is 11.9. The fraction of sp³-hybridized carbons (Fsp3) is 0.438. The minimum Gasteiger partial charge on any atom is -0.481 e. The van der Waals surface area contributed by atoms with Crippen molar-refractivity contribution in [2.24, 2.45) is 0 Å². The van der Waals surface area contributed by atoms with Crippen molar-refractivity contribution in [3.63, 3.8) is 0 Å². The molecule has 1 N–H and O–H groups in total. The summed E-state index contributed by atoms with van der Waals surface area (Å²) in [6.07, 6.45) is 2.56. The van der Waals surface area contributed by atoms with Gasteiger partial charge in [0.25, 0.3) is 5.97 Å². The zero-order chi connectivity index (χ0) is 18.4. The van der Waals surface area contributed by atoms with Gasteiger partial charge in [-0.15, -0.1) is 0 Å². The molecule has 1 aromatic heterocycles. The molecule has 0 unspecified atom stereocenters. The summed E-state index contributed by atoms with van der Waals surface area (Å²) < 4.78 is 26.5. The molecule has 2 aromatic rings. The number of aliphatic carboxylic acids is 1. The Bertz CT molecular complexity index is 788. The SMILES string of the molecule is CC(=O)O.CS(=O)(=O)N1CCc2nc(Cc3ccccc3)nn2CC1. The Morgan fingerprint density at radius 1 is 1.20 bits per heavy atom. The fourth-order valence-electron chi connectivity index (χ4n) is 2.52. The van der Waals surface area contributed by atoms with Gasteiger partial charge >= 0.3 is 0 Å². The molecule has 0 fully saturated rings. The molecule has 0 radical (unpaired) electrons. The zero-order valence-corrected chi connectivity index (χ0v) is 15.1. The highest BCUT2D eigenvalue weighted by atomic mass is 32.2. The van der Waals surface area contributed by atoms with Crippen LogP contribution in [0, 0.1) is 0 Å². The molecule has 0 saturated heterocycles. The second-order valence-electron chi connectivity index (χ2n) is 5.76. The first-order valence-electron chi connectivity index (χ1n) is 7.87.